The molecule has 6 heteroatoms. The first kappa shape index (κ1) is 16.4. The zero-order chi connectivity index (χ0) is 15.5. The number of carbonyl (C=O) groups is 1. The third-order valence-electron chi connectivity index (χ3n) is 4.35. The lowest BCUT2D eigenvalue weighted by molar-refractivity contribution is 0.0601. The van der Waals surface area contributed by atoms with Gasteiger partial charge in [-0.15, -0.1) is 11.3 Å². The first-order chi connectivity index (χ1) is 10.0. The molecule has 1 aromatic rings. The van der Waals surface area contributed by atoms with Crippen molar-refractivity contribution in [2.24, 2.45) is 11.7 Å². The highest BCUT2D eigenvalue weighted by Gasteiger charge is 2.36. The molecule has 1 fully saturated rings. The van der Waals surface area contributed by atoms with Crippen LogP contribution in [0.15, 0.2) is 0 Å². The second-order valence-electron chi connectivity index (χ2n) is 5.73. The fourth-order valence-electron chi connectivity index (χ4n) is 2.87. The number of hydrogen-bond donors (Lipinski definition) is 1. The Hall–Kier alpha value is -0.980. The molecule has 1 saturated carbocycles. The monoisotopic (exact) mass is 312 g/mol. The Morgan fingerprint density at radius 2 is 2.10 bits per heavy atom. The van der Waals surface area contributed by atoms with Gasteiger partial charge in [-0.05, 0) is 31.6 Å². The Labute approximate surface area is 129 Å². The van der Waals surface area contributed by atoms with Crippen molar-refractivity contribution in [2.45, 2.75) is 51.2 Å². The van der Waals surface area contributed by atoms with E-state index in [9.17, 15) is 4.79 Å². The predicted molar refractivity (Wildman–Crippen MR) is 82.3 cm³/mol. The molecule has 2 rings (SSSR count). The number of nitrogens with zero attached hydrogens (tertiary/aromatic N) is 1. The molecular formula is C15H24N2O3S. The molecule has 0 amide bonds. The summed E-state index contributed by atoms with van der Waals surface area (Å²) in [6.07, 6.45) is 5.30. The SMILES string of the molecule is CCC1CCC(N)(c2nc(COC)c(C(=O)OC)s2)CC1. The second kappa shape index (κ2) is 6.85. The van der Waals surface area contributed by atoms with Crippen molar-refractivity contribution < 1.29 is 14.3 Å². The summed E-state index contributed by atoms with van der Waals surface area (Å²) in [4.78, 5) is 17.0. The molecule has 1 heterocycles. The Morgan fingerprint density at radius 3 is 2.62 bits per heavy atom. The highest BCUT2D eigenvalue weighted by Crippen LogP contribution is 2.40. The molecule has 0 spiro atoms. The third kappa shape index (κ3) is 3.44. The number of aromatic nitrogens is 1. The van der Waals surface area contributed by atoms with Crippen molar-refractivity contribution in [3.8, 4) is 0 Å². The van der Waals surface area contributed by atoms with E-state index in [1.54, 1.807) is 7.11 Å². The summed E-state index contributed by atoms with van der Waals surface area (Å²) in [7, 11) is 2.97. The highest BCUT2D eigenvalue weighted by atomic mass is 32.1. The van der Waals surface area contributed by atoms with E-state index >= 15 is 0 Å². The molecule has 1 aromatic heterocycles. The summed E-state index contributed by atoms with van der Waals surface area (Å²) in [5, 5.41) is 0.838. The Kier molecular flexibility index (Phi) is 5.35. The van der Waals surface area contributed by atoms with E-state index < -0.39 is 5.54 Å². The minimum Gasteiger partial charge on any atom is -0.465 e. The van der Waals surface area contributed by atoms with Crippen LogP contribution < -0.4 is 5.73 Å². The molecule has 0 saturated heterocycles. The zero-order valence-electron chi connectivity index (χ0n) is 13.0. The van der Waals surface area contributed by atoms with Gasteiger partial charge in [0.1, 0.15) is 9.88 Å². The van der Waals surface area contributed by atoms with Gasteiger partial charge in [0.2, 0.25) is 0 Å². The van der Waals surface area contributed by atoms with Crippen molar-refractivity contribution >= 4 is 17.3 Å². The van der Waals surface area contributed by atoms with Crippen molar-refractivity contribution in [1.82, 2.24) is 4.98 Å². The lowest BCUT2D eigenvalue weighted by atomic mass is 9.76. The molecule has 0 aromatic carbocycles. The van der Waals surface area contributed by atoms with Gasteiger partial charge >= 0.3 is 5.97 Å². The quantitative estimate of drug-likeness (QED) is 0.846. The van der Waals surface area contributed by atoms with Crippen LogP contribution in [0, 0.1) is 5.92 Å². The number of esters is 1. The van der Waals surface area contributed by atoms with E-state index in [4.69, 9.17) is 15.2 Å². The van der Waals surface area contributed by atoms with Crippen molar-refractivity contribution in [2.75, 3.05) is 14.2 Å². The summed E-state index contributed by atoms with van der Waals surface area (Å²) >= 11 is 1.36. The smallest absolute Gasteiger partial charge is 0.350 e. The summed E-state index contributed by atoms with van der Waals surface area (Å²) < 4.78 is 9.95. The molecule has 1 aliphatic rings. The maximum Gasteiger partial charge on any atom is 0.350 e. The van der Waals surface area contributed by atoms with Crippen LogP contribution in [-0.2, 0) is 21.6 Å². The molecule has 5 nitrogen and oxygen atoms in total. The minimum absolute atomic E-state index is 0.300. The first-order valence-electron chi connectivity index (χ1n) is 7.40. The molecule has 21 heavy (non-hydrogen) atoms. The van der Waals surface area contributed by atoms with Crippen LogP contribution in [0.1, 0.15) is 59.4 Å². The molecule has 0 unspecified atom stereocenters. The number of thiazole rings is 1. The van der Waals surface area contributed by atoms with Gasteiger partial charge in [0.15, 0.2) is 0 Å². The van der Waals surface area contributed by atoms with Crippen LogP contribution in [0.25, 0.3) is 0 Å². The van der Waals surface area contributed by atoms with Gasteiger partial charge in [-0.2, -0.15) is 0 Å². The third-order valence-corrected chi connectivity index (χ3v) is 5.65. The van der Waals surface area contributed by atoms with E-state index in [0.717, 1.165) is 36.6 Å². The number of hydrogen-bond acceptors (Lipinski definition) is 6. The van der Waals surface area contributed by atoms with Crippen molar-refractivity contribution in [1.29, 1.82) is 0 Å². The largest absolute Gasteiger partial charge is 0.465 e. The van der Waals surface area contributed by atoms with Gasteiger partial charge in [0.05, 0.1) is 24.9 Å². The van der Waals surface area contributed by atoms with Crippen molar-refractivity contribution in [3.05, 3.63) is 15.6 Å². The topological polar surface area (TPSA) is 74.4 Å². The first-order valence-corrected chi connectivity index (χ1v) is 8.22. The van der Waals surface area contributed by atoms with Gasteiger partial charge in [-0.25, -0.2) is 9.78 Å². The van der Waals surface area contributed by atoms with Crippen LogP contribution in [0.5, 0.6) is 0 Å². The molecule has 1 aliphatic carbocycles. The van der Waals surface area contributed by atoms with Crippen LogP contribution in [0.2, 0.25) is 0 Å². The maximum absolute atomic E-state index is 11.9. The normalized spacial score (nSPS) is 25.8. The number of ether oxygens (including phenoxy) is 2. The summed E-state index contributed by atoms with van der Waals surface area (Å²) in [5.41, 5.74) is 6.79. The molecule has 0 atom stereocenters. The fourth-order valence-corrected chi connectivity index (χ4v) is 4.01. The second-order valence-corrected chi connectivity index (χ2v) is 6.73. The van der Waals surface area contributed by atoms with Crippen LogP contribution >= 0.6 is 11.3 Å². The standard InChI is InChI=1S/C15H24N2O3S/c1-4-10-5-7-15(16,8-6-10)14-17-11(9-19-2)12(21-14)13(18)20-3/h10H,4-9,16H2,1-3H3. The number of rotatable bonds is 5. The molecule has 118 valence electrons. The van der Waals surface area contributed by atoms with Gasteiger partial charge in [-0.3, -0.25) is 0 Å². The van der Waals surface area contributed by atoms with Crippen LogP contribution in [0.3, 0.4) is 0 Å². The maximum atomic E-state index is 11.9. The summed E-state index contributed by atoms with van der Waals surface area (Å²) in [5.74, 6) is 0.400. The van der Waals surface area contributed by atoms with E-state index in [-0.39, 0.29) is 5.97 Å². The van der Waals surface area contributed by atoms with Gasteiger partial charge in [-0.1, -0.05) is 13.3 Å². The number of methoxy groups -OCH3 is 2. The minimum atomic E-state index is -0.412. The lowest BCUT2D eigenvalue weighted by Crippen LogP contribution is -2.40. The highest BCUT2D eigenvalue weighted by molar-refractivity contribution is 7.13. The predicted octanol–water partition coefficient (Wildman–Crippen LogP) is 2.83. The molecule has 0 aliphatic heterocycles. The summed E-state index contributed by atoms with van der Waals surface area (Å²) in [6, 6.07) is 0. The average Bonchev–Trinajstić information content (AvgIpc) is 2.92. The van der Waals surface area contributed by atoms with Crippen molar-refractivity contribution in [3.63, 3.8) is 0 Å². The van der Waals surface area contributed by atoms with E-state index in [1.807, 2.05) is 0 Å². The van der Waals surface area contributed by atoms with Gasteiger partial charge in [0.25, 0.3) is 0 Å². The Morgan fingerprint density at radius 1 is 1.43 bits per heavy atom. The average molecular weight is 312 g/mol. The fraction of sp³-hybridized carbons (Fsp3) is 0.733. The van der Waals surface area contributed by atoms with Gasteiger partial charge < -0.3 is 15.2 Å². The van der Waals surface area contributed by atoms with Gasteiger partial charge in [0, 0.05) is 7.11 Å². The van der Waals surface area contributed by atoms with E-state index in [1.165, 1.54) is 24.9 Å². The summed E-state index contributed by atoms with van der Waals surface area (Å²) in [6.45, 7) is 2.53. The van der Waals surface area contributed by atoms with E-state index in [0.29, 0.717) is 17.2 Å². The van der Waals surface area contributed by atoms with Crippen LogP contribution in [0.4, 0.5) is 0 Å². The number of nitrogens with two attached hydrogens (primary N) is 1. The molecular weight excluding hydrogens is 288 g/mol. The Bertz CT molecular complexity index is 493. The molecule has 2 N–H and O–H groups in total. The Balaban J connectivity index is 2.25. The number of carbonyl (C=O) groups excluding carboxylic acids is 1. The van der Waals surface area contributed by atoms with Crippen LogP contribution in [-0.4, -0.2) is 25.2 Å². The zero-order valence-corrected chi connectivity index (χ0v) is 13.8. The molecule has 0 radical (unpaired) electrons. The van der Waals surface area contributed by atoms with E-state index in [2.05, 4.69) is 11.9 Å². The lowest BCUT2D eigenvalue weighted by Gasteiger charge is -2.35. The molecule has 0 bridgehead atoms.